The molecule has 0 saturated carbocycles. The summed E-state index contributed by atoms with van der Waals surface area (Å²) in [6.07, 6.45) is 9.09. The van der Waals surface area contributed by atoms with E-state index < -0.39 is 5.97 Å². The van der Waals surface area contributed by atoms with Crippen LogP contribution in [0, 0.1) is 5.21 Å². The summed E-state index contributed by atoms with van der Waals surface area (Å²) in [6, 6.07) is 0.0762. The molecular formula is C18H36N2O4. The Morgan fingerprint density at radius 1 is 1.21 bits per heavy atom. The van der Waals surface area contributed by atoms with Gasteiger partial charge < -0.3 is 20.1 Å². The Labute approximate surface area is 146 Å². The van der Waals surface area contributed by atoms with E-state index in [1.54, 1.807) is 0 Å². The monoisotopic (exact) mass is 344 g/mol. The number of quaternary nitrogens is 1. The smallest absolute Gasteiger partial charge is 0.303 e. The van der Waals surface area contributed by atoms with Crippen molar-refractivity contribution in [3.8, 4) is 0 Å². The Balaban J connectivity index is 2.20. The summed E-state index contributed by atoms with van der Waals surface area (Å²) in [4.78, 5) is 10.5. The number of aliphatic hydroxyl groups is 1. The van der Waals surface area contributed by atoms with Crippen molar-refractivity contribution in [1.29, 1.82) is 0 Å². The Morgan fingerprint density at radius 3 is 2.67 bits per heavy atom. The van der Waals surface area contributed by atoms with Crippen molar-refractivity contribution < 1.29 is 19.7 Å². The number of carbonyl (C=O) groups is 1. The topological polar surface area (TPSA) is 92.6 Å². The molecule has 142 valence electrons. The van der Waals surface area contributed by atoms with Crippen LogP contribution in [0.1, 0.15) is 77.6 Å². The Hall–Kier alpha value is -0.690. The van der Waals surface area contributed by atoms with Gasteiger partial charge in [-0.3, -0.25) is 10.1 Å². The van der Waals surface area contributed by atoms with E-state index in [-0.39, 0.29) is 23.2 Å². The molecule has 0 aromatic carbocycles. The van der Waals surface area contributed by atoms with E-state index in [0.717, 1.165) is 64.3 Å². The van der Waals surface area contributed by atoms with Crippen LogP contribution in [0.25, 0.3) is 0 Å². The zero-order valence-electron chi connectivity index (χ0n) is 15.2. The maximum Gasteiger partial charge on any atom is 0.303 e. The van der Waals surface area contributed by atoms with Gasteiger partial charge in [0.05, 0.1) is 19.2 Å². The van der Waals surface area contributed by atoms with Crippen LogP contribution in [0.15, 0.2) is 0 Å². The highest BCUT2D eigenvalue weighted by Gasteiger charge is 2.33. The van der Waals surface area contributed by atoms with E-state index in [4.69, 9.17) is 5.11 Å². The number of nitrogens with zero attached hydrogens (tertiary/aromatic N) is 1. The minimum absolute atomic E-state index is 0.0762. The highest BCUT2D eigenvalue weighted by Crippen LogP contribution is 2.23. The fraction of sp³-hybridized carbons (Fsp3) is 0.944. The van der Waals surface area contributed by atoms with Gasteiger partial charge in [0.25, 0.3) is 0 Å². The lowest BCUT2D eigenvalue weighted by Gasteiger charge is -2.44. The van der Waals surface area contributed by atoms with Gasteiger partial charge in [-0.25, -0.2) is 0 Å². The molecule has 6 heteroatoms. The first kappa shape index (κ1) is 21.4. The number of hydrogen-bond acceptors (Lipinski definition) is 4. The molecule has 0 radical (unpaired) electrons. The third kappa shape index (κ3) is 8.42. The third-order valence-corrected chi connectivity index (χ3v) is 5.08. The highest BCUT2D eigenvalue weighted by molar-refractivity contribution is 5.66. The van der Waals surface area contributed by atoms with E-state index in [0.29, 0.717) is 19.6 Å². The average molecular weight is 344 g/mol. The van der Waals surface area contributed by atoms with Crippen molar-refractivity contribution in [2.24, 2.45) is 0 Å². The molecule has 3 N–H and O–H groups in total. The quantitative estimate of drug-likeness (QED) is 0.256. The van der Waals surface area contributed by atoms with E-state index in [2.05, 4.69) is 12.2 Å². The Morgan fingerprint density at radius 2 is 1.96 bits per heavy atom. The van der Waals surface area contributed by atoms with Crippen LogP contribution < -0.4 is 5.32 Å². The van der Waals surface area contributed by atoms with E-state index in [1.807, 2.05) is 0 Å². The second kappa shape index (κ2) is 11.8. The first-order valence-corrected chi connectivity index (χ1v) is 9.66. The molecular weight excluding hydrogens is 308 g/mol. The van der Waals surface area contributed by atoms with Crippen LogP contribution in [0.4, 0.5) is 0 Å². The van der Waals surface area contributed by atoms with E-state index >= 15 is 0 Å². The molecule has 3 atom stereocenters. The van der Waals surface area contributed by atoms with Crippen molar-refractivity contribution in [3.63, 3.8) is 0 Å². The molecule has 1 rings (SSSR count). The fourth-order valence-corrected chi connectivity index (χ4v) is 3.47. The summed E-state index contributed by atoms with van der Waals surface area (Å²) in [5, 5.41) is 34.8. The summed E-state index contributed by atoms with van der Waals surface area (Å²) >= 11 is 0. The normalized spacial score (nSPS) is 25.0. The van der Waals surface area contributed by atoms with E-state index in [9.17, 15) is 15.1 Å². The van der Waals surface area contributed by atoms with Gasteiger partial charge in [0.15, 0.2) is 0 Å². The SMILES string of the molecule is CCCCCC(O)CC[N+]1([O-])CNCC1CCCCCCC(=O)O. The molecule has 1 aliphatic rings. The number of hydrogen-bond donors (Lipinski definition) is 3. The molecule has 0 aromatic rings. The number of rotatable bonds is 14. The van der Waals surface area contributed by atoms with Crippen molar-refractivity contribution >= 4 is 5.97 Å². The molecule has 24 heavy (non-hydrogen) atoms. The number of carboxylic acids is 1. The van der Waals surface area contributed by atoms with Gasteiger partial charge in [-0.05, 0) is 19.3 Å². The van der Waals surface area contributed by atoms with E-state index in [1.165, 1.54) is 0 Å². The Bertz CT molecular complexity index is 354. The molecule has 0 amide bonds. The molecule has 1 aliphatic heterocycles. The maximum absolute atomic E-state index is 13.0. The maximum atomic E-state index is 13.0. The van der Waals surface area contributed by atoms with Gasteiger partial charge >= 0.3 is 5.97 Å². The number of hydroxylamine groups is 3. The number of carboxylic acid groups (broad SMARTS) is 1. The van der Waals surface area contributed by atoms with Gasteiger partial charge in [-0.1, -0.05) is 39.0 Å². The predicted octanol–water partition coefficient (Wildman–Crippen LogP) is 2.99. The van der Waals surface area contributed by atoms with Crippen molar-refractivity contribution in [1.82, 2.24) is 5.32 Å². The number of aliphatic carboxylic acids is 1. The van der Waals surface area contributed by atoms with Crippen LogP contribution in [0.2, 0.25) is 0 Å². The second-order valence-corrected chi connectivity index (χ2v) is 7.23. The molecule has 6 nitrogen and oxygen atoms in total. The highest BCUT2D eigenvalue weighted by atomic mass is 16.6. The molecule has 1 fully saturated rings. The van der Waals surface area contributed by atoms with Crippen LogP contribution in [-0.2, 0) is 4.79 Å². The molecule has 0 aliphatic carbocycles. The first-order valence-electron chi connectivity index (χ1n) is 9.66. The lowest BCUT2D eigenvalue weighted by molar-refractivity contribution is -0.893. The summed E-state index contributed by atoms with van der Waals surface area (Å²) in [5.74, 6) is -0.734. The van der Waals surface area contributed by atoms with Gasteiger partial charge in [0.1, 0.15) is 12.7 Å². The summed E-state index contributed by atoms with van der Waals surface area (Å²) in [5.41, 5.74) is 0. The van der Waals surface area contributed by atoms with Crippen molar-refractivity contribution in [2.45, 2.75) is 89.7 Å². The van der Waals surface area contributed by atoms with Gasteiger partial charge in [-0.2, -0.15) is 0 Å². The Kier molecular flexibility index (Phi) is 10.5. The fourth-order valence-electron chi connectivity index (χ4n) is 3.47. The van der Waals surface area contributed by atoms with Gasteiger partial charge in [-0.15, -0.1) is 0 Å². The predicted molar refractivity (Wildman–Crippen MR) is 95.3 cm³/mol. The lowest BCUT2D eigenvalue weighted by Crippen LogP contribution is -2.49. The molecule has 0 bridgehead atoms. The minimum Gasteiger partial charge on any atom is -0.632 e. The number of unbranched alkanes of at least 4 members (excludes halogenated alkanes) is 5. The molecule has 0 aromatic heterocycles. The van der Waals surface area contributed by atoms with Gasteiger partial charge in [0.2, 0.25) is 0 Å². The zero-order chi connectivity index (χ0) is 17.8. The molecule has 3 unspecified atom stereocenters. The minimum atomic E-state index is -0.734. The lowest BCUT2D eigenvalue weighted by atomic mass is 10.0. The molecule has 0 spiro atoms. The summed E-state index contributed by atoms with van der Waals surface area (Å²) in [7, 11) is 0. The van der Waals surface area contributed by atoms with Crippen LogP contribution in [-0.4, -0.2) is 52.7 Å². The molecule has 1 saturated heterocycles. The third-order valence-electron chi connectivity index (χ3n) is 5.08. The second-order valence-electron chi connectivity index (χ2n) is 7.23. The van der Waals surface area contributed by atoms with Crippen LogP contribution in [0.3, 0.4) is 0 Å². The molecule has 1 heterocycles. The summed E-state index contributed by atoms with van der Waals surface area (Å²) in [6.45, 7) is 3.84. The average Bonchev–Trinajstić information content (AvgIpc) is 2.90. The first-order chi connectivity index (χ1) is 11.5. The van der Waals surface area contributed by atoms with Crippen LogP contribution >= 0.6 is 0 Å². The number of nitrogens with one attached hydrogen (secondary N) is 1. The zero-order valence-corrected chi connectivity index (χ0v) is 15.2. The van der Waals surface area contributed by atoms with Gasteiger partial charge in [0, 0.05) is 19.3 Å². The number of aliphatic hydroxyl groups excluding tert-OH is 1. The summed E-state index contributed by atoms with van der Waals surface area (Å²) < 4.78 is -0.222. The standard InChI is InChI=1S/C18H36N2O4/c1-2-3-6-10-17(21)12-13-20(24)15-19-14-16(20)9-7-4-5-8-11-18(22)23/h16-17,19,21H,2-15H2,1H3,(H,22,23). The van der Waals surface area contributed by atoms with Crippen LogP contribution in [0.5, 0.6) is 0 Å². The van der Waals surface area contributed by atoms with Crippen molar-refractivity contribution in [3.05, 3.63) is 5.21 Å². The van der Waals surface area contributed by atoms with Crippen molar-refractivity contribution in [2.75, 3.05) is 19.8 Å². The largest absolute Gasteiger partial charge is 0.632 e.